The summed E-state index contributed by atoms with van der Waals surface area (Å²) < 4.78 is 0. The maximum atomic E-state index is 4.94. The predicted molar refractivity (Wildman–Crippen MR) is 55.7 cm³/mol. The van der Waals surface area contributed by atoms with Crippen LogP contribution in [0, 0.1) is 13.8 Å². The Kier molecular flexibility index (Phi) is 2.62. The van der Waals surface area contributed by atoms with Gasteiger partial charge in [-0.2, -0.15) is 0 Å². The summed E-state index contributed by atoms with van der Waals surface area (Å²) in [4.78, 5) is 2.15. The summed E-state index contributed by atoms with van der Waals surface area (Å²) in [6.45, 7) is 6.08. The van der Waals surface area contributed by atoms with Gasteiger partial charge in [0.25, 0.3) is 0 Å². The van der Waals surface area contributed by atoms with E-state index in [0.29, 0.717) is 0 Å². The van der Waals surface area contributed by atoms with Crippen molar-refractivity contribution in [2.75, 3.05) is 5.32 Å². The number of anilines is 1. The van der Waals surface area contributed by atoms with Gasteiger partial charge in [0.15, 0.2) is 0 Å². The van der Waals surface area contributed by atoms with Crippen LogP contribution in [-0.2, 0) is 0 Å². The first-order valence-electron chi connectivity index (χ1n) is 3.44. The van der Waals surface area contributed by atoms with E-state index in [2.05, 4.69) is 25.2 Å². The number of thiophene rings is 1. The molecule has 0 bridgehead atoms. The second-order valence-electron chi connectivity index (χ2n) is 2.55. The highest BCUT2D eigenvalue weighted by atomic mass is 32.1. The summed E-state index contributed by atoms with van der Waals surface area (Å²) in [7, 11) is 0. The van der Waals surface area contributed by atoms with Gasteiger partial charge in [-0.3, -0.25) is 0 Å². The molecule has 0 saturated heterocycles. The molecule has 1 N–H and O–H groups in total. The Bertz CT molecular complexity index is 276. The van der Waals surface area contributed by atoms with Gasteiger partial charge in [-0.1, -0.05) is 12.2 Å². The summed E-state index contributed by atoms with van der Waals surface area (Å²) in [6.07, 6.45) is 0. The molecule has 1 heterocycles. The zero-order valence-corrected chi connectivity index (χ0v) is 8.53. The molecule has 0 aliphatic rings. The summed E-state index contributed by atoms with van der Waals surface area (Å²) >= 11 is 6.69. The third-order valence-corrected chi connectivity index (χ3v) is 2.50. The van der Waals surface area contributed by atoms with Crippen LogP contribution in [0.2, 0.25) is 0 Å². The quantitative estimate of drug-likeness (QED) is 0.675. The lowest BCUT2D eigenvalue weighted by Crippen LogP contribution is -2.01. The highest BCUT2D eigenvalue weighted by Gasteiger charge is 2.01. The monoisotopic (exact) mass is 185 g/mol. The average Bonchev–Trinajstić information content (AvgIpc) is 2.09. The van der Waals surface area contributed by atoms with Crippen molar-refractivity contribution in [2.24, 2.45) is 0 Å². The molecule has 0 aliphatic carbocycles. The molecule has 1 aromatic heterocycles. The third kappa shape index (κ3) is 2.27. The van der Waals surface area contributed by atoms with Crippen molar-refractivity contribution in [1.82, 2.24) is 0 Å². The molecule has 0 fully saturated rings. The van der Waals surface area contributed by atoms with Gasteiger partial charge in [0.1, 0.15) is 0 Å². The van der Waals surface area contributed by atoms with Crippen LogP contribution >= 0.6 is 23.6 Å². The molecular formula is C8H11NS2. The summed E-state index contributed by atoms with van der Waals surface area (Å²) in [5, 5.41) is 4.32. The number of hydrogen-bond donors (Lipinski definition) is 1. The molecule has 0 aromatic carbocycles. The van der Waals surface area contributed by atoms with E-state index in [-0.39, 0.29) is 0 Å². The maximum absolute atomic E-state index is 4.94. The SMILES string of the molecule is CC(=S)Nc1sc(C)cc1C. The summed E-state index contributed by atoms with van der Waals surface area (Å²) in [6, 6.07) is 2.16. The van der Waals surface area contributed by atoms with Gasteiger partial charge in [0, 0.05) is 4.88 Å². The number of nitrogens with one attached hydrogen (secondary N) is 1. The molecule has 0 unspecified atom stereocenters. The van der Waals surface area contributed by atoms with Crippen LogP contribution in [0.15, 0.2) is 6.07 Å². The Morgan fingerprint density at radius 2 is 2.18 bits per heavy atom. The van der Waals surface area contributed by atoms with Crippen molar-refractivity contribution < 1.29 is 0 Å². The van der Waals surface area contributed by atoms with Gasteiger partial charge in [-0.15, -0.1) is 11.3 Å². The van der Waals surface area contributed by atoms with Crippen LogP contribution in [0.1, 0.15) is 17.4 Å². The minimum atomic E-state index is 0.829. The molecule has 0 spiro atoms. The topological polar surface area (TPSA) is 12.0 Å². The molecule has 60 valence electrons. The average molecular weight is 185 g/mol. The van der Waals surface area contributed by atoms with Crippen molar-refractivity contribution in [3.05, 3.63) is 16.5 Å². The van der Waals surface area contributed by atoms with Gasteiger partial charge in [-0.25, -0.2) is 0 Å². The fourth-order valence-corrected chi connectivity index (χ4v) is 2.07. The summed E-state index contributed by atoms with van der Waals surface area (Å²) in [5.41, 5.74) is 1.27. The van der Waals surface area contributed by atoms with Crippen LogP contribution in [0.4, 0.5) is 5.00 Å². The Morgan fingerprint density at radius 1 is 1.55 bits per heavy atom. The van der Waals surface area contributed by atoms with Crippen molar-refractivity contribution in [1.29, 1.82) is 0 Å². The van der Waals surface area contributed by atoms with Crippen LogP contribution in [0.5, 0.6) is 0 Å². The molecule has 0 amide bonds. The first kappa shape index (κ1) is 8.68. The largest absolute Gasteiger partial charge is 0.342 e. The number of hydrogen-bond acceptors (Lipinski definition) is 2. The molecule has 0 atom stereocenters. The van der Waals surface area contributed by atoms with Crippen LogP contribution in [0.3, 0.4) is 0 Å². The van der Waals surface area contributed by atoms with Crippen molar-refractivity contribution >= 4 is 33.5 Å². The first-order valence-corrected chi connectivity index (χ1v) is 4.66. The summed E-state index contributed by atoms with van der Waals surface area (Å²) in [5.74, 6) is 0. The van der Waals surface area contributed by atoms with E-state index >= 15 is 0 Å². The fraction of sp³-hybridized carbons (Fsp3) is 0.375. The zero-order chi connectivity index (χ0) is 8.43. The van der Waals surface area contributed by atoms with Gasteiger partial charge in [-0.05, 0) is 32.4 Å². The van der Waals surface area contributed by atoms with E-state index in [0.717, 1.165) is 4.99 Å². The molecule has 0 radical (unpaired) electrons. The Hall–Kier alpha value is -0.410. The lowest BCUT2D eigenvalue weighted by molar-refractivity contribution is 1.50. The second kappa shape index (κ2) is 3.32. The van der Waals surface area contributed by atoms with Gasteiger partial charge < -0.3 is 5.32 Å². The highest BCUT2D eigenvalue weighted by Crippen LogP contribution is 2.26. The number of aryl methyl sites for hydroxylation is 2. The molecule has 1 aromatic rings. The molecule has 0 saturated carbocycles. The third-order valence-electron chi connectivity index (χ3n) is 1.33. The van der Waals surface area contributed by atoms with Crippen molar-refractivity contribution in [3.8, 4) is 0 Å². The smallest absolute Gasteiger partial charge is 0.0962 e. The highest BCUT2D eigenvalue weighted by molar-refractivity contribution is 7.80. The van der Waals surface area contributed by atoms with E-state index in [9.17, 15) is 0 Å². The lowest BCUT2D eigenvalue weighted by Gasteiger charge is -1.99. The molecule has 3 heteroatoms. The lowest BCUT2D eigenvalue weighted by atomic mass is 10.3. The van der Waals surface area contributed by atoms with E-state index in [1.165, 1.54) is 15.4 Å². The number of rotatable bonds is 1. The Labute approximate surface area is 76.4 Å². The van der Waals surface area contributed by atoms with Crippen molar-refractivity contribution in [3.63, 3.8) is 0 Å². The van der Waals surface area contributed by atoms with E-state index in [1.54, 1.807) is 11.3 Å². The molecule has 11 heavy (non-hydrogen) atoms. The van der Waals surface area contributed by atoms with E-state index < -0.39 is 0 Å². The van der Waals surface area contributed by atoms with Crippen LogP contribution < -0.4 is 5.32 Å². The van der Waals surface area contributed by atoms with Gasteiger partial charge in [0.05, 0.1) is 9.99 Å². The zero-order valence-electron chi connectivity index (χ0n) is 6.89. The second-order valence-corrected chi connectivity index (χ2v) is 4.42. The minimum absolute atomic E-state index is 0.829. The first-order chi connectivity index (χ1) is 5.09. The maximum Gasteiger partial charge on any atom is 0.0962 e. The Morgan fingerprint density at radius 3 is 2.55 bits per heavy atom. The standard InChI is InChI=1S/C8H11NS2/c1-5-4-6(2)11-8(5)9-7(3)10/h4H,1-3H3,(H,9,10). The number of thiocarbonyl (C=S) groups is 1. The molecule has 1 nitrogen and oxygen atoms in total. The van der Waals surface area contributed by atoms with Crippen molar-refractivity contribution in [2.45, 2.75) is 20.8 Å². The van der Waals surface area contributed by atoms with E-state index in [4.69, 9.17) is 12.2 Å². The molecule has 1 rings (SSSR count). The normalized spacial score (nSPS) is 9.73. The molecular weight excluding hydrogens is 174 g/mol. The van der Waals surface area contributed by atoms with Gasteiger partial charge >= 0.3 is 0 Å². The van der Waals surface area contributed by atoms with E-state index in [1.807, 2.05) is 6.92 Å². The molecule has 0 aliphatic heterocycles. The van der Waals surface area contributed by atoms with Gasteiger partial charge in [0.2, 0.25) is 0 Å². The van der Waals surface area contributed by atoms with Crippen LogP contribution in [0.25, 0.3) is 0 Å². The Balaban J connectivity index is 2.85. The predicted octanol–water partition coefficient (Wildman–Crippen LogP) is 3.12. The minimum Gasteiger partial charge on any atom is -0.342 e. The van der Waals surface area contributed by atoms with Crippen LogP contribution in [-0.4, -0.2) is 4.99 Å². The fourth-order valence-electron chi connectivity index (χ4n) is 0.925.